The summed E-state index contributed by atoms with van der Waals surface area (Å²) in [5, 5.41) is 0. The molecule has 2 aliphatic rings. The van der Waals surface area contributed by atoms with Crippen molar-refractivity contribution in [2.24, 2.45) is 5.92 Å². The van der Waals surface area contributed by atoms with Gasteiger partial charge in [-0.25, -0.2) is 4.79 Å². The maximum atomic E-state index is 12.8. The lowest BCUT2D eigenvalue weighted by Crippen LogP contribution is -2.44. The Kier molecular flexibility index (Phi) is 5.54. The minimum Gasteiger partial charge on any atom is -0.460 e. The van der Waals surface area contributed by atoms with Gasteiger partial charge < -0.3 is 14.4 Å². The van der Waals surface area contributed by atoms with E-state index >= 15 is 0 Å². The number of carbonyl (C=O) groups excluding carboxylic acids is 2. The highest BCUT2D eigenvalue weighted by molar-refractivity contribution is 5.79. The SMILES string of the molecule is CC(C)(C)OC(=O)C1CCCN(C(=O)OCC2c3ccccc3-c3ccccc32)C1. The van der Waals surface area contributed by atoms with Gasteiger partial charge in [0.05, 0.1) is 5.92 Å². The number of nitrogens with zero attached hydrogens (tertiary/aromatic N) is 1. The molecule has 1 heterocycles. The molecule has 0 aromatic heterocycles. The van der Waals surface area contributed by atoms with Crippen LogP contribution in [0.15, 0.2) is 48.5 Å². The predicted molar refractivity (Wildman–Crippen MR) is 115 cm³/mol. The molecule has 1 amide bonds. The normalized spacial score (nSPS) is 18.5. The predicted octanol–water partition coefficient (Wildman–Crippen LogP) is 4.99. The highest BCUT2D eigenvalue weighted by Crippen LogP contribution is 2.44. The van der Waals surface area contributed by atoms with Gasteiger partial charge in [0.2, 0.25) is 0 Å². The van der Waals surface area contributed by atoms with Crippen molar-refractivity contribution in [3.05, 3.63) is 59.7 Å². The van der Waals surface area contributed by atoms with Crippen molar-refractivity contribution >= 4 is 12.1 Å². The zero-order chi connectivity index (χ0) is 21.3. The van der Waals surface area contributed by atoms with Gasteiger partial charge in [-0.3, -0.25) is 4.79 Å². The van der Waals surface area contributed by atoms with E-state index in [9.17, 15) is 9.59 Å². The van der Waals surface area contributed by atoms with E-state index < -0.39 is 5.60 Å². The molecular weight excluding hydrogens is 378 g/mol. The van der Waals surface area contributed by atoms with Crippen molar-refractivity contribution in [3.63, 3.8) is 0 Å². The Bertz CT molecular complexity index is 901. The number of piperidine rings is 1. The molecule has 0 N–H and O–H groups in total. The summed E-state index contributed by atoms with van der Waals surface area (Å²) in [6.07, 6.45) is 1.15. The first-order chi connectivity index (χ1) is 14.3. The number of carbonyl (C=O) groups is 2. The molecule has 1 saturated heterocycles. The summed E-state index contributed by atoms with van der Waals surface area (Å²) in [6.45, 7) is 6.83. The second kappa shape index (κ2) is 8.13. The van der Waals surface area contributed by atoms with Crippen molar-refractivity contribution in [1.29, 1.82) is 0 Å². The third-order valence-corrected chi connectivity index (χ3v) is 5.76. The molecule has 30 heavy (non-hydrogen) atoms. The van der Waals surface area contributed by atoms with E-state index in [0.29, 0.717) is 19.7 Å². The van der Waals surface area contributed by atoms with Crippen LogP contribution in [-0.4, -0.2) is 42.3 Å². The van der Waals surface area contributed by atoms with Gasteiger partial charge in [0, 0.05) is 19.0 Å². The van der Waals surface area contributed by atoms with Gasteiger partial charge in [0.15, 0.2) is 0 Å². The molecule has 5 nitrogen and oxygen atoms in total. The number of rotatable bonds is 3. The van der Waals surface area contributed by atoms with Gasteiger partial charge in [-0.1, -0.05) is 48.5 Å². The third kappa shape index (κ3) is 4.20. The van der Waals surface area contributed by atoms with Gasteiger partial charge in [0.25, 0.3) is 0 Å². The number of benzene rings is 2. The molecule has 2 aromatic carbocycles. The molecule has 1 atom stereocenters. The lowest BCUT2D eigenvalue weighted by Gasteiger charge is -2.32. The zero-order valence-electron chi connectivity index (χ0n) is 17.9. The first-order valence-electron chi connectivity index (χ1n) is 10.7. The van der Waals surface area contributed by atoms with E-state index in [-0.39, 0.29) is 23.9 Å². The van der Waals surface area contributed by atoms with Crippen LogP contribution in [0.2, 0.25) is 0 Å². The first-order valence-corrected chi connectivity index (χ1v) is 10.7. The van der Waals surface area contributed by atoms with Crippen LogP contribution in [0, 0.1) is 5.92 Å². The summed E-state index contributed by atoms with van der Waals surface area (Å²) in [6, 6.07) is 16.6. The van der Waals surface area contributed by atoms with Crippen molar-refractivity contribution < 1.29 is 19.1 Å². The topological polar surface area (TPSA) is 55.8 Å². The van der Waals surface area contributed by atoms with Crippen molar-refractivity contribution in [1.82, 2.24) is 4.90 Å². The van der Waals surface area contributed by atoms with Crippen LogP contribution < -0.4 is 0 Å². The van der Waals surface area contributed by atoms with Crippen LogP contribution in [0.3, 0.4) is 0 Å². The number of esters is 1. The molecule has 1 unspecified atom stereocenters. The fourth-order valence-corrected chi connectivity index (χ4v) is 4.41. The minimum atomic E-state index is -0.525. The number of likely N-dealkylation sites (tertiary alicyclic amines) is 1. The Balaban J connectivity index is 1.41. The number of hydrogen-bond donors (Lipinski definition) is 0. The van der Waals surface area contributed by atoms with E-state index in [1.807, 2.05) is 45.0 Å². The highest BCUT2D eigenvalue weighted by atomic mass is 16.6. The lowest BCUT2D eigenvalue weighted by molar-refractivity contribution is -0.161. The molecule has 5 heteroatoms. The molecular formula is C25H29NO4. The smallest absolute Gasteiger partial charge is 0.409 e. The van der Waals surface area contributed by atoms with E-state index in [4.69, 9.17) is 9.47 Å². The molecule has 1 aliphatic carbocycles. The number of fused-ring (bicyclic) bond motifs is 3. The second-order valence-corrected chi connectivity index (χ2v) is 9.12. The van der Waals surface area contributed by atoms with Crippen LogP contribution >= 0.6 is 0 Å². The average molecular weight is 408 g/mol. The quantitative estimate of drug-likeness (QED) is 0.673. The minimum absolute atomic E-state index is 0.0350. The maximum Gasteiger partial charge on any atom is 0.409 e. The molecule has 0 saturated carbocycles. The van der Waals surface area contributed by atoms with E-state index in [2.05, 4.69) is 24.3 Å². The van der Waals surface area contributed by atoms with Crippen molar-refractivity contribution in [2.45, 2.75) is 45.1 Å². The Morgan fingerprint density at radius 1 is 1.00 bits per heavy atom. The molecule has 1 aliphatic heterocycles. The Morgan fingerprint density at radius 3 is 2.20 bits per heavy atom. The Hall–Kier alpha value is -2.82. The van der Waals surface area contributed by atoms with Crippen LogP contribution in [0.4, 0.5) is 4.79 Å². The van der Waals surface area contributed by atoms with Gasteiger partial charge >= 0.3 is 12.1 Å². The Labute approximate surface area is 178 Å². The van der Waals surface area contributed by atoms with E-state index in [1.165, 1.54) is 22.3 Å². The average Bonchev–Trinajstić information content (AvgIpc) is 3.05. The zero-order valence-corrected chi connectivity index (χ0v) is 17.9. The second-order valence-electron chi connectivity index (χ2n) is 9.12. The highest BCUT2D eigenvalue weighted by Gasteiger charge is 2.34. The van der Waals surface area contributed by atoms with Crippen molar-refractivity contribution in [2.75, 3.05) is 19.7 Å². The number of amides is 1. The van der Waals surface area contributed by atoms with Crippen LogP contribution in [0.1, 0.15) is 50.7 Å². The largest absolute Gasteiger partial charge is 0.460 e. The fourth-order valence-electron chi connectivity index (χ4n) is 4.41. The fraction of sp³-hybridized carbons (Fsp3) is 0.440. The summed E-state index contributed by atoms with van der Waals surface area (Å²) in [4.78, 5) is 26.8. The van der Waals surface area contributed by atoms with Crippen molar-refractivity contribution in [3.8, 4) is 11.1 Å². The van der Waals surface area contributed by atoms with Gasteiger partial charge in [0.1, 0.15) is 12.2 Å². The van der Waals surface area contributed by atoms with Crippen LogP contribution in [0.5, 0.6) is 0 Å². The molecule has 158 valence electrons. The van der Waals surface area contributed by atoms with Crippen LogP contribution in [-0.2, 0) is 14.3 Å². The van der Waals surface area contributed by atoms with E-state index in [0.717, 1.165) is 12.8 Å². The molecule has 0 spiro atoms. The molecule has 1 fully saturated rings. The monoisotopic (exact) mass is 407 g/mol. The standard InChI is InChI=1S/C25H29NO4/c1-25(2,3)30-23(27)17-9-8-14-26(15-17)24(28)29-16-22-20-12-6-4-10-18(20)19-11-5-7-13-21(19)22/h4-7,10-13,17,22H,8-9,14-16H2,1-3H3. The number of ether oxygens (including phenoxy) is 2. The number of hydrogen-bond acceptors (Lipinski definition) is 4. The van der Waals surface area contributed by atoms with Crippen LogP contribution in [0.25, 0.3) is 11.1 Å². The Morgan fingerprint density at radius 2 is 1.60 bits per heavy atom. The maximum absolute atomic E-state index is 12.8. The molecule has 4 rings (SSSR count). The molecule has 0 radical (unpaired) electrons. The lowest BCUT2D eigenvalue weighted by atomic mass is 9.98. The summed E-state index contributed by atoms with van der Waals surface area (Å²) < 4.78 is 11.2. The van der Waals surface area contributed by atoms with Gasteiger partial charge in [-0.05, 0) is 55.9 Å². The summed E-state index contributed by atoms with van der Waals surface area (Å²) in [7, 11) is 0. The molecule has 2 aromatic rings. The molecule has 0 bridgehead atoms. The van der Waals surface area contributed by atoms with Gasteiger partial charge in [-0.2, -0.15) is 0 Å². The van der Waals surface area contributed by atoms with Gasteiger partial charge in [-0.15, -0.1) is 0 Å². The summed E-state index contributed by atoms with van der Waals surface area (Å²) >= 11 is 0. The summed E-state index contributed by atoms with van der Waals surface area (Å²) in [5.41, 5.74) is 4.27. The summed E-state index contributed by atoms with van der Waals surface area (Å²) in [5.74, 6) is -0.495. The van der Waals surface area contributed by atoms with E-state index in [1.54, 1.807) is 4.90 Å². The third-order valence-electron chi connectivity index (χ3n) is 5.76. The first kappa shape index (κ1) is 20.5.